The van der Waals surface area contributed by atoms with Gasteiger partial charge in [-0.05, 0) is 49.4 Å². The maximum absolute atomic E-state index is 13.3. The molecule has 1 fully saturated rings. The number of rotatable bonds is 3. The Hall–Kier alpha value is -2.76. The second-order valence-corrected chi connectivity index (χ2v) is 6.01. The summed E-state index contributed by atoms with van der Waals surface area (Å²) in [6.45, 7) is 3.78. The second kappa shape index (κ2) is 7.01. The number of Topliss-reactive ketones (excluding diaryl/α,β-unsaturated/α-hetero) is 1. The van der Waals surface area contributed by atoms with Crippen molar-refractivity contribution in [3.63, 3.8) is 0 Å². The molecule has 0 spiro atoms. The molecule has 1 saturated heterocycles. The van der Waals surface area contributed by atoms with Gasteiger partial charge in [0.2, 0.25) is 0 Å². The third kappa shape index (κ3) is 3.68. The Labute approximate surface area is 144 Å². The molecule has 2 aromatic rings. The molecule has 0 bridgehead atoms. The summed E-state index contributed by atoms with van der Waals surface area (Å²) in [6, 6.07) is 10.6. The monoisotopic (exact) mass is 344 g/mol. The van der Waals surface area contributed by atoms with Crippen LogP contribution in [-0.4, -0.2) is 42.8 Å². The highest BCUT2D eigenvalue weighted by molar-refractivity contribution is 5.95. The smallest absolute Gasteiger partial charge is 0.254 e. The highest BCUT2D eigenvalue weighted by atomic mass is 19.2. The molecule has 3 rings (SSSR count). The first-order chi connectivity index (χ1) is 12.0. The zero-order chi connectivity index (χ0) is 18.0. The number of hydrogen-bond acceptors (Lipinski definition) is 3. The van der Waals surface area contributed by atoms with E-state index in [2.05, 4.69) is 4.90 Å². The van der Waals surface area contributed by atoms with Crippen LogP contribution in [0.3, 0.4) is 0 Å². The lowest BCUT2D eigenvalue weighted by atomic mass is 10.1. The fourth-order valence-corrected chi connectivity index (χ4v) is 2.89. The van der Waals surface area contributed by atoms with Crippen molar-refractivity contribution in [3.8, 4) is 0 Å². The van der Waals surface area contributed by atoms with E-state index in [1.54, 1.807) is 17.0 Å². The molecule has 0 saturated carbocycles. The first-order valence-electron chi connectivity index (χ1n) is 8.06. The Kier molecular flexibility index (Phi) is 4.79. The summed E-state index contributed by atoms with van der Waals surface area (Å²) in [7, 11) is 0. The SMILES string of the molecule is CC(=O)c1ccc(N2CCN(C(=O)c3ccc(F)c(F)c3)CC2)cc1. The van der Waals surface area contributed by atoms with Gasteiger partial charge in [0.25, 0.3) is 5.91 Å². The predicted molar refractivity (Wildman–Crippen MR) is 90.9 cm³/mol. The van der Waals surface area contributed by atoms with Gasteiger partial charge in [0.1, 0.15) is 0 Å². The van der Waals surface area contributed by atoms with Crippen LogP contribution >= 0.6 is 0 Å². The largest absolute Gasteiger partial charge is 0.368 e. The fraction of sp³-hybridized carbons (Fsp3) is 0.263. The van der Waals surface area contributed by atoms with Gasteiger partial charge in [0, 0.05) is 43.0 Å². The van der Waals surface area contributed by atoms with Crippen molar-refractivity contribution >= 4 is 17.4 Å². The zero-order valence-electron chi connectivity index (χ0n) is 13.8. The molecule has 4 nitrogen and oxygen atoms in total. The van der Waals surface area contributed by atoms with Crippen molar-refractivity contribution in [3.05, 3.63) is 65.2 Å². The van der Waals surface area contributed by atoms with E-state index >= 15 is 0 Å². The predicted octanol–water partition coefficient (Wildman–Crippen LogP) is 3.13. The van der Waals surface area contributed by atoms with Crippen LogP contribution in [0, 0.1) is 11.6 Å². The van der Waals surface area contributed by atoms with Crippen LogP contribution in [0.5, 0.6) is 0 Å². The Morgan fingerprint density at radius 1 is 0.840 bits per heavy atom. The number of nitrogens with zero attached hydrogens (tertiary/aromatic N) is 2. The summed E-state index contributed by atoms with van der Waals surface area (Å²) in [5.74, 6) is -2.26. The molecule has 25 heavy (non-hydrogen) atoms. The molecule has 1 amide bonds. The molecule has 1 aliphatic rings. The Morgan fingerprint density at radius 2 is 1.44 bits per heavy atom. The molecule has 0 atom stereocenters. The molecule has 0 aliphatic carbocycles. The van der Waals surface area contributed by atoms with Gasteiger partial charge in [-0.3, -0.25) is 9.59 Å². The normalized spacial score (nSPS) is 14.5. The molecular formula is C19H18F2N2O2. The lowest BCUT2D eigenvalue weighted by Crippen LogP contribution is -2.48. The average Bonchev–Trinajstić information content (AvgIpc) is 2.63. The Bertz CT molecular complexity index is 798. The summed E-state index contributed by atoms with van der Waals surface area (Å²) in [5.41, 5.74) is 1.80. The van der Waals surface area contributed by atoms with E-state index in [-0.39, 0.29) is 17.3 Å². The maximum Gasteiger partial charge on any atom is 0.254 e. The number of piperazine rings is 1. The van der Waals surface area contributed by atoms with Gasteiger partial charge in [-0.2, -0.15) is 0 Å². The van der Waals surface area contributed by atoms with Crippen molar-refractivity contribution in [2.24, 2.45) is 0 Å². The number of hydrogen-bond donors (Lipinski definition) is 0. The summed E-state index contributed by atoms with van der Waals surface area (Å²) < 4.78 is 26.3. The molecule has 2 aromatic carbocycles. The highest BCUT2D eigenvalue weighted by Gasteiger charge is 2.23. The Balaban J connectivity index is 1.64. The van der Waals surface area contributed by atoms with Gasteiger partial charge in [-0.1, -0.05) is 0 Å². The number of halogens is 2. The summed E-state index contributed by atoms with van der Waals surface area (Å²) >= 11 is 0. The van der Waals surface area contributed by atoms with E-state index in [1.807, 2.05) is 12.1 Å². The first-order valence-corrected chi connectivity index (χ1v) is 8.06. The van der Waals surface area contributed by atoms with Crippen molar-refractivity contribution in [2.45, 2.75) is 6.92 Å². The van der Waals surface area contributed by atoms with Crippen LogP contribution in [0.4, 0.5) is 14.5 Å². The summed E-state index contributed by atoms with van der Waals surface area (Å²) in [5, 5.41) is 0. The fourth-order valence-electron chi connectivity index (χ4n) is 2.89. The van der Waals surface area contributed by atoms with Crippen molar-refractivity contribution < 1.29 is 18.4 Å². The third-order valence-corrected chi connectivity index (χ3v) is 4.37. The number of carbonyl (C=O) groups is 2. The average molecular weight is 344 g/mol. The van der Waals surface area contributed by atoms with E-state index in [1.165, 1.54) is 13.0 Å². The molecule has 6 heteroatoms. The summed E-state index contributed by atoms with van der Waals surface area (Å²) in [4.78, 5) is 27.5. The van der Waals surface area contributed by atoms with Crippen molar-refractivity contribution in [1.82, 2.24) is 4.90 Å². The van der Waals surface area contributed by atoms with Crippen LogP contribution in [0.1, 0.15) is 27.6 Å². The van der Waals surface area contributed by atoms with Crippen LogP contribution in [0.25, 0.3) is 0 Å². The minimum Gasteiger partial charge on any atom is -0.368 e. The molecule has 0 unspecified atom stereocenters. The van der Waals surface area contributed by atoms with Gasteiger partial charge in [-0.25, -0.2) is 8.78 Å². The third-order valence-electron chi connectivity index (χ3n) is 4.37. The number of anilines is 1. The van der Waals surface area contributed by atoms with Crippen molar-refractivity contribution in [2.75, 3.05) is 31.1 Å². The number of ketones is 1. The number of carbonyl (C=O) groups excluding carboxylic acids is 2. The van der Waals surface area contributed by atoms with Gasteiger partial charge >= 0.3 is 0 Å². The standard InChI is InChI=1S/C19H18F2N2O2/c1-13(24)14-2-5-16(6-3-14)22-8-10-23(11-9-22)19(25)15-4-7-17(20)18(21)12-15/h2-7,12H,8-11H2,1H3. The molecule has 0 radical (unpaired) electrons. The van der Waals surface area contributed by atoms with Gasteiger partial charge in [0.05, 0.1) is 0 Å². The van der Waals surface area contributed by atoms with E-state index in [9.17, 15) is 18.4 Å². The minimum atomic E-state index is -1.02. The van der Waals surface area contributed by atoms with Crippen LogP contribution in [-0.2, 0) is 0 Å². The maximum atomic E-state index is 13.3. The van der Waals surface area contributed by atoms with Crippen molar-refractivity contribution in [1.29, 1.82) is 0 Å². The number of amides is 1. The highest BCUT2D eigenvalue weighted by Crippen LogP contribution is 2.19. The number of benzene rings is 2. The lowest BCUT2D eigenvalue weighted by molar-refractivity contribution is 0.0746. The minimum absolute atomic E-state index is 0.0218. The lowest BCUT2D eigenvalue weighted by Gasteiger charge is -2.36. The molecule has 0 N–H and O–H groups in total. The zero-order valence-corrected chi connectivity index (χ0v) is 13.8. The van der Waals surface area contributed by atoms with E-state index in [0.29, 0.717) is 31.7 Å². The molecule has 130 valence electrons. The van der Waals surface area contributed by atoms with E-state index < -0.39 is 11.6 Å². The quantitative estimate of drug-likeness (QED) is 0.803. The van der Waals surface area contributed by atoms with Gasteiger partial charge in [-0.15, -0.1) is 0 Å². The van der Waals surface area contributed by atoms with Crippen LogP contribution < -0.4 is 4.90 Å². The second-order valence-electron chi connectivity index (χ2n) is 6.01. The molecular weight excluding hydrogens is 326 g/mol. The molecule has 1 heterocycles. The van der Waals surface area contributed by atoms with Crippen LogP contribution in [0.2, 0.25) is 0 Å². The Morgan fingerprint density at radius 3 is 2.00 bits per heavy atom. The van der Waals surface area contributed by atoms with Gasteiger partial charge < -0.3 is 9.80 Å². The van der Waals surface area contributed by atoms with Gasteiger partial charge in [0.15, 0.2) is 17.4 Å². The van der Waals surface area contributed by atoms with E-state index in [0.717, 1.165) is 17.8 Å². The first kappa shape index (κ1) is 17.1. The van der Waals surface area contributed by atoms with E-state index in [4.69, 9.17) is 0 Å². The topological polar surface area (TPSA) is 40.6 Å². The molecule has 0 aromatic heterocycles. The summed E-state index contributed by atoms with van der Waals surface area (Å²) in [6.07, 6.45) is 0. The molecule has 1 aliphatic heterocycles. The van der Waals surface area contributed by atoms with Crippen LogP contribution in [0.15, 0.2) is 42.5 Å².